The second kappa shape index (κ2) is 8.01. The number of ether oxygens (including phenoxy) is 1. The lowest BCUT2D eigenvalue weighted by Gasteiger charge is -2.28. The summed E-state index contributed by atoms with van der Waals surface area (Å²) < 4.78 is 5.46. The lowest BCUT2D eigenvalue weighted by molar-refractivity contribution is 0.122. The normalized spacial score (nSPS) is 14.6. The summed E-state index contributed by atoms with van der Waals surface area (Å²) in [6, 6.07) is 14.0. The zero-order valence-corrected chi connectivity index (χ0v) is 15.2. The molecule has 4 rings (SSSR count). The van der Waals surface area contributed by atoms with E-state index in [4.69, 9.17) is 9.72 Å². The molecule has 0 radical (unpaired) electrons. The Hall–Kier alpha value is -3.19. The summed E-state index contributed by atoms with van der Waals surface area (Å²) in [6.45, 7) is 5.02. The number of hydrogen-bond donors (Lipinski definition) is 2. The lowest BCUT2D eigenvalue weighted by Crippen LogP contribution is -2.36. The van der Waals surface area contributed by atoms with Gasteiger partial charge in [0.2, 0.25) is 0 Å². The molecule has 27 heavy (non-hydrogen) atoms. The molecule has 3 heterocycles. The van der Waals surface area contributed by atoms with Gasteiger partial charge in [0.15, 0.2) is 11.6 Å². The highest BCUT2D eigenvalue weighted by Crippen LogP contribution is 2.21. The molecular formula is C20H22N6O. The van der Waals surface area contributed by atoms with Gasteiger partial charge in [-0.3, -0.25) is 5.10 Å². The first-order valence-corrected chi connectivity index (χ1v) is 9.00. The maximum Gasteiger partial charge on any atom is 0.156 e. The van der Waals surface area contributed by atoms with E-state index in [-0.39, 0.29) is 0 Å². The Kier molecular flexibility index (Phi) is 5.11. The van der Waals surface area contributed by atoms with Gasteiger partial charge in [-0.15, -0.1) is 0 Å². The van der Waals surface area contributed by atoms with Gasteiger partial charge in [0.05, 0.1) is 13.2 Å². The summed E-state index contributed by atoms with van der Waals surface area (Å²) in [5, 5.41) is 10.4. The molecule has 1 aromatic carbocycles. The fraction of sp³-hybridized carbons (Fsp3) is 0.250. The van der Waals surface area contributed by atoms with Gasteiger partial charge in [-0.05, 0) is 18.6 Å². The third kappa shape index (κ3) is 4.51. The van der Waals surface area contributed by atoms with Crippen LogP contribution >= 0.6 is 0 Å². The number of nitrogens with zero attached hydrogens (tertiary/aromatic N) is 4. The SMILES string of the molecule is Cc1cc(Nc2cc(N3CCOCC3)nc(/C=C/c3ccccc3)n2)n[nH]1. The van der Waals surface area contributed by atoms with Crippen LogP contribution in [0, 0.1) is 6.92 Å². The molecule has 1 saturated heterocycles. The van der Waals surface area contributed by atoms with E-state index in [2.05, 4.69) is 25.4 Å². The molecule has 0 aliphatic carbocycles. The predicted octanol–water partition coefficient (Wildman–Crippen LogP) is 3.26. The summed E-state index contributed by atoms with van der Waals surface area (Å²) in [7, 11) is 0. The zero-order chi connectivity index (χ0) is 18.5. The fourth-order valence-electron chi connectivity index (χ4n) is 2.89. The third-order valence-corrected chi connectivity index (χ3v) is 4.25. The number of benzene rings is 1. The van der Waals surface area contributed by atoms with Crippen LogP contribution in [0.4, 0.5) is 17.5 Å². The molecule has 7 nitrogen and oxygen atoms in total. The highest BCUT2D eigenvalue weighted by atomic mass is 16.5. The fourth-order valence-corrected chi connectivity index (χ4v) is 2.89. The van der Waals surface area contributed by atoms with Gasteiger partial charge in [0.1, 0.15) is 11.6 Å². The Morgan fingerprint density at radius 1 is 1.04 bits per heavy atom. The maximum absolute atomic E-state index is 5.46. The number of hydrogen-bond acceptors (Lipinski definition) is 6. The number of aromatic amines is 1. The lowest BCUT2D eigenvalue weighted by atomic mass is 10.2. The van der Waals surface area contributed by atoms with Crippen molar-refractivity contribution in [1.82, 2.24) is 20.2 Å². The van der Waals surface area contributed by atoms with Crippen LogP contribution in [-0.4, -0.2) is 46.5 Å². The van der Waals surface area contributed by atoms with Gasteiger partial charge in [-0.1, -0.05) is 36.4 Å². The van der Waals surface area contributed by atoms with Gasteiger partial charge < -0.3 is 15.0 Å². The van der Waals surface area contributed by atoms with Gasteiger partial charge in [0, 0.05) is 30.9 Å². The van der Waals surface area contributed by atoms with Crippen LogP contribution in [0.1, 0.15) is 17.1 Å². The van der Waals surface area contributed by atoms with Gasteiger partial charge >= 0.3 is 0 Å². The Balaban J connectivity index is 1.64. The predicted molar refractivity (Wildman–Crippen MR) is 107 cm³/mol. The number of rotatable bonds is 5. The molecule has 0 saturated carbocycles. The topological polar surface area (TPSA) is 79.0 Å². The highest BCUT2D eigenvalue weighted by molar-refractivity contribution is 5.69. The Morgan fingerprint density at radius 3 is 2.59 bits per heavy atom. The van der Waals surface area contributed by atoms with E-state index in [0.29, 0.717) is 24.9 Å². The van der Waals surface area contributed by atoms with Crippen LogP contribution in [-0.2, 0) is 4.74 Å². The van der Waals surface area contributed by atoms with Crippen molar-refractivity contribution in [2.24, 2.45) is 0 Å². The molecule has 2 aromatic heterocycles. The number of nitrogens with one attached hydrogen (secondary N) is 2. The second-order valence-corrected chi connectivity index (χ2v) is 6.37. The Morgan fingerprint density at radius 2 is 1.85 bits per heavy atom. The van der Waals surface area contributed by atoms with Gasteiger partial charge in [-0.25, -0.2) is 9.97 Å². The van der Waals surface area contributed by atoms with Crippen LogP contribution in [0.5, 0.6) is 0 Å². The molecule has 0 atom stereocenters. The molecular weight excluding hydrogens is 340 g/mol. The second-order valence-electron chi connectivity index (χ2n) is 6.37. The number of aryl methyl sites for hydroxylation is 1. The third-order valence-electron chi connectivity index (χ3n) is 4.25. The van der Waals surface area contributed by atoms with E-state index in [1.54, 1.807) is 0 Å². The van der Waals surface area contributed by atoms with E-state index in [1.165, 1.54) is 0 Å². The molecule has 1 fully saturated rings. The minimum Gasteiger partial charge on any atom is -0.378 e. The van der Waals surface area contributed by atoms with E-state index in [9.17, 15) is 0 Å². The standard InChI is InChI=1S/C20H22N6O/c1-15-13-19(25-24-15)22-18-14-20(26-9-11-27-12-10-26)23-17(21-18)8-7-16-5-3-2-4-6-16/h2-8,13-14H,9-12H2,1H3,(H2,21,22,23,24,25)/b8-7+. The van der Waals surface area contributed by atoms with Crippen LogP contribution in [0.2, 0.25) is 0 Å². The van der Waals surface area contributed by atoms with Crippen LogP contribution in [0.25, 0.3) is 12.2 Å². The molecule has 0 bridgehead atoms. The van der Waals surface area contributed by atoms with Gasteiger partial charge in [-0.2, -0.15) is 5.10 Å². The molecule has 0 unspecified atom stereocenters. The summed E-state index contributed by atoms with van der Waals surface area (Å²) in [6.07, 6.45) is 3.95. The highest BCUT2D eigenvalue weighted by Gasteiger charge is 2.15. The van der Waals surface area contributed by atoms with E-state index >= 15 is 0 Å². The smallest absolute Gasteiger partial charge is 0.156 e. The van der Waals surface area contributed by atoms with Crippen LogP contribution < -0.4 is 10.2 Å². The van der Waals surface area contributed by atoms with Crippen molar-refractivity contribution in [3.05, 3.63) is 59.5 Å². The Labute approximate surface area is 158 Å². The quantitative estimate of drug-likeness (QED) is 0.725. The number of H-pyrrole nitrogens is 1. The van der Waals surface area contributed by atoms with Crippen molar-refractivity contribution in [3.8, 4) is 0 Å². The monoisotopic (exact) mass is 362 g/mol. The zero-order valence-electron chi connectivity index (χ0n) is 15.2. The molecule has 138 valence electrons. The van der Waals surface area contributed by atoms with E-state index in [0.717, 1.165) is 36.0 Å². The van der Waals surface area contributed by atoms with E-state index in [1.807, 2.05) is 61.5 Å². The number of morpholine rings is 1. The average Bonchev–Trinajstić information content (AvgIpc) is 3.12. The van der Waals surface area contributed by atoms with Crippen LogP contribution in [0.3, 0.4) is 0 Å². The summed E-state index contributed by atoms with van der Waals surface area (Å²) in [4.78, 5) is 11.6. The molecule has 3 aromatic rings. The molecule has 1 aliphatic heterocycles. The summed E-state index contributed by atoms with van der Waals surface area (Å²) in [5.41, 5.74) is 2.10. The van der Waals surface area contributed by atoms with Gasteiger partial charge in [0.25, 0.3) is 0 Å². The maximum atomic E-state index is 5.46. The first-order valence-electron chi connectivity index (χ1n) is 9.00. The first-order chi connectivity index (χ1) is 13.3. The summed E-state index contributed by atoms with van der Waals surface area (Å²) in [5.74, 6) is 2.98. The average molecular weight is 362 g/mol. The summed E-state index contributed by atoms with van der Waals surface area (Å²) >= 11 is 0. The van der Waals surface area contributed by atoms with Crippen molar-refractivity contribution < 1.29 is 4.74 Å². The van der Waals surface area contributed by atoms with Crippen molar-refractivity contribution >= 4 is 29.6 Å². The first kappa shape index (κ1) is 17.2. The number of anilines is 3. The minimum absolute atomic E-state index is 0.651. The minimum atomic E-state index is 0.651. The largest absolute Gasteiger partial charge is 0.378 e. The van der Waals surface area contributed by atoms with Crippen molar-refractivity contribution in [2.75, 3.05) is 36.5 Å². The van der Waals surface area contributed by atoms with E-state index < -0.39 is 0 Å². The van der Waals surface area contributed by atoms with Crippen LogP contribution in [0.15, 0.2) is 42.5 Å². The molecule has 0 amide bonds. The Bertz CT molecular complexity index is 915. The van der Waals surface area contributed by atoms with Crippen molar-refractivity contribution in [3.63, 3.8) is 0 Å². The molecule has 0 spiro atoms. The molecule has 1 aliphatic rings. The van der Waals surface area contributed by atoms with Crippen molar-refractivity contribution in [2.45, 2.75) is 6.92 Å². The molecule has 7 heteroatoms. The molecule has 2 N–H and O–H groups in total. The van der Waals surface area contributed by atoms with Crippen molar-refractivity contribution in [1.29, 1.82) is 0 Å². The number of aromatic nitrogens is 4.